The van der Waals surface area contributed by atoms with Gasteiger partial charge in [-0.05, 0) is 19.1 Å². The Labute approximate surface area is 156 Å². The Morgan fingerprint density at radius 2 is 1.62 bits per heavy atom. The summed E-state index contributed by atoms with van der Waals surface area (Å²) in [6.45, 7) is 3.21. The molecule has 2 saturated heterocycles. The van der Waals surface area contributed by atoms with Crippen molar-refractivity contribution in [1.29, 1.82) is 0 Å². The summed E-state index contributed by atoms with van der Waals surface area (Å²) in [6.07, 6.45) is 4.51. The fraction of sp³-hybridized carbons (Fsp3) is 0.435. The van der Waals surface area contributed by atoms with Crippen LogP contribution in [0.2, 0.25) is 0 Å². The van der Waals surface area contributed by atoms with E-state index < -0.39 is 0 Å². The second-order valence-corrected chi connectivity index (χ2v) is 8.24. The Morgan fingerprint density at radius 1 is 1.00 bits per heavy atom. The Hall–Kier alpha value is -2.13. The number of fused-ring (bicyclic) bond motifs is 2. The van der Waals surface area contributed by atoms with E-state index in [0.29, 0.717) is 17.6 Å². The van der Waals surface area contributed by atoms with E-state index >= 15 is 0 Å². The molecule has 0 spiro atoms. The highest BCUT2D eigenvalue weighted by molar-refractivity contribution is 5.89. The van der Waals surface area contributed by atoms with Crippen LogP contribution in [0.25, 0.3) is 0 Å². The molecule has 4 rings (SSSR count). The zero-order chi connectivity index (χ0) is 18.1. The van der Waals surface area contributed by atoms with Crippen LogP contribution in [-0.4, -0.2) is 35.7 Å². The summed E-state index contributed by atoms with van der Waals surface area (Å²) >= 11 is 0. The molecule has 2 aromatic rings. The standard InChI is InChI=1S/C23H28NO2/c1-17-8-10-18(11-9-17)16-24(2)20-12-13-21(24)15-22(14-20)26-23(25)19-6-4-3-5-7-19/h3-11,20-22H,12-16H2,1-2H3/q+1/t20-,21-,22?,24?/m1/s1. The number of esters is 1. The maximum atomic E-state index is 12.4. The number of nitrogens with zero attached hydrogens (tertiary/aromatic N) is 1. The second kappa shape index (κ2) is 6.88. The van der Waals surface area contributed by atoms with Crippen molar-refractivity contribution < 1.29 is 14.0 Å². The molecule has 2 aliphatic heterocycles. The van der Waals surface area contributed by atoms with E-state index in [9.17, 15) is 4.79 Å². The monoisotopic (exact) mass is 350 g/mol. The largest absolute Gasteiger partial charge is 0.458 e. The third-order valence-electron chi connectivity index (χ3n) is 6.50. The first-order valence-corrected chi connectivity index (χ1v) is 9.71. The van der Waals surface area contributed by atoms with Gasteiger partial charge in [0.05, 0.1) is 24.7 Å². The summed E-state index contributed by atoms with van der Waals surface area (Å²) in [5.41, 5.74) is 3.38. The predicted molar refractivity (Wildman–Crippen MR) is 103 cm³/mol. The molecule has 2 bridgehead atoms. The Morgan fingerprint density at radius 3 is 2.23 bits per heavy atom. The summed E-state index contributed by atoms with van der Waals surface area (Å²) < 4.78 is 6.97. The average molecular weight is 350 g/mol. The lowest BCUT2D eigenvalue weighted by Gasteiger charge is -2.46. The van der Waals surface area contributed by atoms with Gasteiger partial charge in [-0.2, -0.15) is 0 Å². The highest BCUT2D eigenvalue weighted by Crippen LogP contribution is 2.43. The van der Waals surface area contributed by atoms with E-state index in [4.69, 9.17) is 4.74 Å². The van der Waals surface area contributed by atoms with Crippen LogP contribution in [0.1, 0.15) is 47.2 Å². The number of hydrogen-bond donors (Lipinski definition) is 0. The normalized spacial score (nSPS) is 30.2. The third-order valence-corrected chi connectivity index (χ3v) is 6.50. The highest BCUT2D eigenvalue weighted by atomic mass is 16.5. The highest BCUT2D eigenvalue weighted by Gasteiger charge is 2.52. The van der Waals surface area contributed by atoms with Gasteiger partial charge >= 0.3 is 5.97 Å². The average Bonchev–Trinajstić information content (AvgIpc) is 2.82. The van der Waals surface area contributed by atoms with Gasteiger partial charge in [0, 0.05) is 31.2 Å². The topological polar surface area (TPSA) is 26.3 Å². The lowest BCUT2D eigenvalue weighted by atomic mass is 9.95. The van der Waals surface area contributed by atoms with Gasteiger partial charge in [0.2, 0.25) is 0 Å². The molecule has 3 nitrogen and oxygen atoms in total. The van der Waals surface area contributed by atoms with E-state index in [0.717, 1.165) is 23.9 Å². The number of ether oxygens (including phenoxy) is 1. The number of piperidine rings is 1. The van der Waals surface area contributed by atoms with Crippen LogP contribution >= 0.6 is 0 Å². The van der Waals surface area contributed by atoms with Gasteiger partial charge in [0.25, 0.3) is 0 Å². The van der Waals surface area contributed by atoms with Crippen LogP contribution in [0.15, 0.2) is 54.6 Å². The van der Waals surface area contributed by atoms with Gasteiger partial charge in [-0.15, -0.1) is 0 Å². The summed E-state index contributed by atoms with van der Waals surface area (Å²) in [5, 5.41) is 0. The van der Waals surface area contributed by atoms with Crippen LogP contribution in [0, 0.1) is 6.92 Å². The number of carbonyl (C=O) groups excluding carboxylic acids is 1. The first-order chi connectivity index (χ1) is 12.5. The molecule has 0 amide bonds. The van der Waals surface area contributed by atoms with Crippen LogP contribution in [0.4, 0.5) is 0 Å². The van der Waals surface area contributed by atoms with Gasteiger partial charge < -0.3 is 9.22 Å². The molecule has 2 heterocycles. The number of quaternary nitrogens is 1. The first kappa shape index (κ1) is 17.3. The predicted octanol–water partition coefficient (Wildman–Crippen LogP) is 4.49. The minimum absolute atomic E-state index is 0.0597. The maximum Gasteiger partial charge on any atom is 0.338 e. The molecule has 0 radical (unpaired) electrons. The van der Waals surface area contributed by atoms with Crippen molar-refractivity contribution >= 4 is 5.97 Å². The summed E-state index contributed by atoms with van der Waals surface area (Å²) in [4.78, 5) is 12.4. The fourth-order valence-electron chi connectivity index (χ4n) is 4.93. The van der Waals surface area contributed by atoms with Crippen LogP contribution < -0.4 is 0 Å². The van der Waals surface area contributed by atoms with Gasteiger partial charge in [0.1, 0.15) is 12.6 Å². The molecule has 2 aliphatic rings. The van der Waals surface area contributed by atoms with E-state index in [1.165, 1.54) is 24.0 Å². The Balaban J connectivity index is 1.43. The van der Waals surface area contributed by atoms with E-state index in [2.05, 4.69) is 38.2 Å². The smallest absolute Gasteiger partial charge is 0.338 e. The van der Waals surface area contributed by atoms with Crippen LogP contribution in [0.5, 0.6) is 0 Å². The van der Waals surface area contributed by atoms with Crippen LogP contribution in [0.3, 0.4) is 0 Å². The molecule has 2 aromatic carbocycles. The minimum Gasteiger partial charge on any atom is -0.458 e. The quantitative estimate of drug-likeness (QED) is 0.600. The van der Waals surface area contributed by atoms with Crippen LogP contribution in [-0.2, 0) is 11.3 Å². The molecule has 26 heavy (non-hydrogen) atoms. The van der Waals surface area contributed by atoms with Gasteiger partial charge in [-0.25, -0.2) is 4.79 Å². The maximum absolute atomic E-state index is 12.4. The molecule has 0 unspecified atom stereocenters. The molecular weight excluding hydrogens is 322 g/mol. The Bertz CT molecular complexity index is 755. The van der Waals surface area contributed by atoms with Crippen molar-refractivity contribution in [3.63, 3.8) is 0 Å². The summed E-state index contributed by atoms with van der Waals surface area (Å²) in [5.74, 6) is -0.176. The second-order valence-electron chi connectivity index (χ2n) is 8.24. The molecule has 0 aromatic heterocycles. The molecule has 136 valence electrons. The lowest BCUT2D eigenvalue weighted by Crippen LogP contribution is -2.58. The van der Waals surface area contributed by atoms with Gasteiger partial charge in [-0.1, -0.05) is 48.0 Å². The van der Waals surface area contributed by atoms with Crippen molar-refractivity contribution in [2.24, 2.45) is 0 Å². The van der Waals surface area contributed by atoms with Crippen molar-refractivity contribution in [3.05, 3.63) is 71.3 Å². The zero-order valence-electron chi connectivity index (χ0n) is 15.7. The Kier molecular flexibility index (Phi) is 4.58. The van der Waals surface area contributed by atoms with Gasteiger partial charge in [0.15, 0.2) is 0 Å². The molecule has 2 fully saturated rings. The molecular formula is C23H28NO2+. The fourth-order valence-corrected chi connectivity index (χ4v) is 4.93. The molecule has 0 aliphatic carbocycles. The molecule has 2 atom stereocenters. The lowest BCUT2D eigenvalue weighted by molar-refractivity contribution is -0.961. The number of rotatable bonds is 4. The number of hydrogen-bond acceptors (Lipinski definition) is 2. The van der Waals surface area contributed by atoms with Crippen molar-refractivity contribution in [1.82, 2.24) is 0 Å². The first-order valence-electron chi connectivity index (χ1n) is 9.71. The van der Waals surface area contributed by atoms with Crippen molar-refractivity contribution in [2.45, 2.75) is 57.3 Å². The van der Waals surface area contributed by atoms with E-state index in [1.54, 1.807) is 0 Å². The SMILES string of the molecule is Cc1ccc(C[N+]2(C)[C@@H]3CC[C@@H]2CC(OC(=O)c2ccccc2)C3)cc1. The number of benzene rings is 2. The number of carbonyl (C=O) groups is 1. The van der Waals surface area contributed by atoms with Crippen molar-refractivity contribution in [2.75, 3.05) is 7.05 Å². The third kappa shape index (κ3) is 3.28. The minimum atomic E-state index is -0.176. The molecule has 0 saturated carbocycles. The molecule has 3 heteroatoms. The zero-order valence-corrected chi connectivity index (χ0v) is 15.7. The van der Waals surface area contributed by atoms with E-state index in [-0.39, 0.29) is 12.1 Å². The number of aryl methyl sites for hydroxylation is 1. The van der Waals surface area contributed by atoms with Crippen molar-refractivity contribution in [3.8, 4) is 0 Å². The van der Waals surface area contributed by atoms with Gasteiger partial charge in [-0.3, -0.25) is 0 Å². The van der Waals surface area contributed by atoms with E-state index in [1.807, 2.05) is 30.3 Å². The summed E-state index contributed by atoms with van der Waals surface area (Å²) in [6, 6.07) is 19.5. The summed E-state index contributed by atoms with van der Waals surface area (Å²) in [7, 11) is 2.40. The molecule has 0 N–H and O–H groups in total.